The fourth-order valence-corrected chi connectivity index (χ4v) is 2.85. The normalized spacial score (nSPS) is 13.1. The molecule has 0 unspecified atom stereocenters. The fourth-order valence-electron chi connectivity index (χ4n) is 2.85. The minimum Gasteiger partial charge on any atom is -0.356 e. The average molecular weight is 358 g/mol. The van der Waals surface area contributed by atoms with Gasteiger partial charge in [-0.3, -0.25) is 19.3 Å². The minimum absolute atomic E-state index is 0.0211. The van der Waals surface area contributed by atoms with Crippen molar-refractivity contribution in [3.63, 3.8) is 0 Å². The molecule has 0 aromatic heterocycles. The first-order chi connectivity index (χ1) is 12.5. The molecule has 0 radical (unpaired) electrons. The molecule has 1 N–H and O–H groups in total. The number of carbonyl (C=O) groups is 3. The maximum atomic E-state index is 13.1. The summed E-state index contributed by atoms with van der Waals surface area (Å²) in [6.45, 7) is 0.177. The monoisotopic (exact) mass is 358 g/mol. The van der Waals surface area contributed by atoms with Crippen molar-refractivity contribution in [1.82, 2.24) is 10.2 Å². The largest absolute Gasteiger partial charge is 0.356 e. The number of nitrogens with one attached hydrogen (secondary N) is 1. The fraction of sp³-hybridized carbons (Fsp3) is 0.211. The van der Waals surface area contributed by atoms with Crippen molar-refractivity contribution in [2.45, 2.75) is 12.8 Å². The Kier molecular flexibility index (Phi) is 5.06. The maximum Gasteiger partial charge on any atom is 0.261 e. The molecule has 0 aliphatic carbocycles. The molecule has 1 heterocycles. The van der Waals surface area contributed by atoms with Crippen LogP contribution in [0.15, 0.2) is 42.5 Å². The zero-order chi connectivity index (χ0) is 18.7. The quantitative estimate of drug-likeness (QED) is 0.806. The zero-order valence-electron chi connectivity index (χ0n) is 13.8. The highest BCUT2D eigenvalue weighted by Gasteiger charge is 2.34. The maximum absolute atomic E-state index is 13.1. The Labute approximate surface area is 148 Å². The van der Waals surface area contributed by atoms with Crippen LogP contribution in [0.25, 0.3) is 0 Å². The Bertz CT molecular complexity index is 828. The lowest BCUT2D eigenvalue weighted by atomic mass is 10.1. The Morgan fingerprint density at radius 2 is 1.54 bits per heavy atom. The summed E-state index contributed by atoms with van der Waals surface area (Å²) in [5, 5.41) is 2.61. The highest BCUT2D eigenvalue weighted by atomic mass is 19.1. The molecule has 134 valence electrons. The van der Waals surface area contributed by atoms with Crippen LogP contribution in [0, 0.1) is 11.6 Å². The first-order valence-corrected chi connectivity index (χ1v) is 8.12. The molecule has 1 aliphatic heterocycles. The zero-order valence-corrected chi connectivity index (χ0v) is 13.8. The van der Waals surface area contributed by atoms with Crippen molar-refractivity contribution >= 4 is 17.7 Å². The van der Waals surface area contributed by atoms with Crippen molar-refractivity contribution in [3.8, 4) is 0 Å². The summed E-state index contributed by atoms with van der Waals surface area (Å²) >= 11 is 0. The van der Waals surface area contributed by atoms with E-state index in [1.165, 1.54) is 12.1 Å². The number of hydrogen-bond donors (Lipinski definition) is 1. The third-order valence-electron chi connectivity index (χ3n) is 4.10. The number of nitrogens with zero attached hydrogens (tertiary/aromatic N) is 1. The number of benzene rings is 2. The lowest BCUT2D eigenvalue weighted by molar-refractivity contribution is -0.121. The van der Waals surface area contributed by atoms with E-state index in [1.807, 2.05) is 0 Å². The molecule has 0 fully saturated rings. The van der Waals surface area contributed by atoms with E-state index in [0.717, 1.165) is 11.0 Å². The second-order valence-corrected chi connectivity index (χ2v) is 5.94. The van der Waals surface area contributed by atoms with E-state index in [-0.39, 0.29) is 31.8 Å². The highest BCUT2D eigenvalue weighted by Crippen LogP contribution is 2.22. The summed E-state index contributed by atoms with van der Waals surface area (Å²) in [6.07, 6.45) is 0.233. The molecule has 0 spiro atoms. The van der Waals surface area contributed by atoms with Crippen LogP contribution in [0.3, 0.4) is 0 Å². The van der Waals surface area contributed by atoms with E-state index in [4.69, 9.17) is 0 Å². The molecule has 2 aromatic rings. The van der Waals surface area contributed by atoms with Crippen molar-refractivity contribution < 1.29 is 23.2 Å². The molecule has 0 atom stereocenters. The van der Waals surface area contributed by atoms with Gasteiger partial charge in [0.15, 0.2) is 0 Å². The summed E-state index contributed by atoms with van der Waals surface area (Å²) in [4.78, 5) is 37.3. The second kappa shape index (κ2) is 7.43. The standard InChI is InChI=1S/C19H16F2N2O3/c20-13-9-12(10-14(21)11-13)5-7-22-17(24)6-8-23-18(25)15-3-1-2-4-16(15)19(23)26/h1-4,9-11H,5-8H2,(H,22,24). The number of carbonyl (C=O) groups excluding carboxylic acids is 3. The van der Waals surface area contributed by atoms with E-state index in [1.54, 1.807) is 24.3 Å². The third kappa shape index (κ3) is 3.77. The van der Waals surface area contributed by atoms with Gasteiger partial charge in [0.25, 0.3) is 11.8 Å². The van der Waals surface area contributed by atoms with Crippen molar-refractivity contribution in [2.75, 3.05) is 13.1 Å². The van der Waals surface area contributed by atoms with Crippen LogP contribution in [-0.2, 0) is 11.2 Å². The predicted molar refractivity (Wildman–Crippen MR) is 89.5 cm³/mol. The summed E-state index contributed by atoms with van der Waals surface area (Å²) in [5.74, 6) is -2.50. The van der Waals surface area contributed by atoms with Crippen LogP contribution in [0.2, 0.25) is 0 Å². The van der Waals surface area contributed by atoms with Crippen LogP contribution in [-0.4, -0.2) is 35.7 Å². The number of amides is 3. The number of fused-ring (bicyclic) bond motifs is 1. The molecule has 1 aliphatic rings. The topological polar surface area (TPSA) is 66.5 Å². The van der Waals surface area contributed by atoms with Crippen LogP contribution < -0.4 is 5.32 Å². The molecular formula is C19H16F2N2O3. The van der Waals surface area contributed by atoms with Crippen molar-refractivity contribution in [2.24, 2.45) is 0 Å². The van der Waals surface area contributed by atoms with Gasteiger partial charge in [0.1, 0.15) is 11.6 Å². The minimum atomic E-state index is -0.669. The molecule has 5 nitrogen and oxygen atoms in total. The number of imide groups is 1. The predicted octanol–water partition coefficient (Wildman–Crippen LogP) is 2.31. The van der Waals surface area contributed by atoms with E-state index >= 15 is 0 Å². The van der Waals surface area contributed by atoms with Crippen molar-refractivity contribution in [1.29, 1.82) is 0 Å². The SMILES string of the molecule is O=C(CCN1C(=O)c2ccccc2C1=O)NCCc1cc(F)cc(F)c1. The molecule has 0 saturated carbocycles. The van der Waals surface area contributed by atoms with Gasteiger partial charge in [0, 0.05) is 25.6 Å². The molecular weight excluding hydrogens is 342 g/mol. The Morgan fingerprint density at radius 1 is 0.962 bits per heavy atom. The van der Waals surface area contributed by atoms with Gasteiger partial charge in [-0.25, -0.2) is 8.78 Å². The summed E-state index contributed by atoms with van der Waals surface area (Å²) in [7, 11) is 0. The summed E-state index contributed by atoms with van der Waals surface area (Å²) in [6, 6.07) is 9.69. The lowest BCUT2D eigenvalue weighted by Crippen LogP contribution is -2.35. The summed E-state index contributed by atoms with van der Waals surface area (Å²) < 4.78 is 26.2. The van der Waals surface area contributed by atoms with Gasteiger partial charge < -0.3 is 5.32 Å². The van der Waals surface area contributed by atoms with Gasteiger partial charge in [-0.15, -0.1) is 0 Å². The van der Waals surface area contributed by atoms with E-state index in [9.17, 15) is 23.2 Å². The van der Waals surface area contributed by atoms with Crippen LogP contribution in [0.1, 0.15) is 32.7 Å². The second-order valence-electron chi connectivity index (χ2n) is 5.94. The molecule has 0 saturated heterocycles. The van der Waals surface area contributed by atoms with Crippen molar-refractivity contribution in [3.05, 3.63) is 70.8 Å². The average Bonchev–Trinajstić information content (AvgIpc) is 2.84. The highest BCUT2D eigenvalue weighted by molar-refractivity contribution is 6.21. The van der Waals surface area contributed by atoms with E-state index in [0.29, 0.717) is 16.7 Å². The Hall–Kier alpha value is -3.09. The first kappa shape index (κ1) is 17.7. The lowest BCUT2D eigenvalue weighted by Gasteiger charge is -2.13. The third-order valence-corrected chi connectivity index (χ3v) is 4.10. The number of rotatable bonds is 6. The molecule has 2 aromatic carbocycles. The van der Waals surface area contributed by atoms with Gasteiger partial charge in [-0.05, 0) is 36.2 Å². The Morgan fingerprint density at radius 3 is 2.12 bits per heavy atom. The smallest absolute Gasteiger partial charge is 0.261 e. The van der Waals surface area contributed by atoms with Crippen LogP contribution >= 0.6 is 0 Å². The van der Waals surface area contributed by atoms with Crippen LogP contribution in [0.5, 0.6) is 0 Å². The molecule has 7 heteroatoms. The van der Waals surface area contributed by atoms with Gasteiger partial charge >= 0.3 is 0 Å². The summed E-state index contributed by atoms with van der Waals surface area (Å²) in [5.41, 5.74) is 1.11. The van der Waals surface area contributed by atoms with Gasteiger partial charge in [0.05, 0.1) is 11.1 Å². The molecule has 26 heavy (non-hydrogen) atoms. The molecule has 3 rings (SSSR count). The van der Waals surface area contributed by atoms with Crippen LogP contribution in [0.4, 0.5) is 8.78 Å². The molecule has 3 amide bonds. The first-order valence-electron chi connectivity index (χ1n) is 8.12. The van der Waals surface area contributed by atoms with Gasteiger partial charge in [0.2, 0.25) is 5.91 Å². The van der Waals surface area contributed by atoms with E-state index in [2.05, 4.69) is 5.32 Å². The van der Waals surface area contributed by atoms with Gasteiger partial charge in [-0.1, -0.05) is 12.1 Å². The Balaban J connectivity index is 1.48. The molecule has 0 bridgehead atoms. The number of halogens is 2. The number of hydrogen-bond acceptors (Lipinski definition) is 3. The van der Waals surface area contributed by atoms with Gasteiger partial charge in [-0.2, -0.15) is 0 Å². The van der Waals surface area contributed by atoms with E-state index < -0.39 is 23.4 Å².